The Morgan fingerprint density at radius 3 is 2.36 bits per heavy atom. The molecule has 1 unspecified atom stereocenters. The van der Waals surface area contributed by atoms with Crippen LogP contribution < -0.4 is 0 Å². The lowest BCUT2D eigenvalue weighted by Crippen LogP contribution is -2.33. The van der Waals surface area contributed by atoms with E-state index in [1.807, 2.05) is 0 Å². The van der Waals surface area contributed by atoms with Gasteiger partial charge >= 0.3 is 0 Å². The smallest absolute Gasteiger partial charge is 0.0235 e. The molecule has 0 amide bonds. The number of hydrogen-bond donors (Lipinski definition) is 0. The minimum absolute atomic E-state index is 0.711. The maximum Gasteiger partial charge on any atom is 0.0235 e. The zero-order valence-electron chi connectivity index (χ0n) is 7.94. The van der Waals surface area contributed by atoms with Crippen LogP contribution in [0.25, 0.3) is 0 Å². The molecule has 0 fully saturated rings. The van der Waals surface area contributed by atoms with E-state index in [1.54, 1.807) is 0 Å². The molecular weight excluding hydrogens is 158 g/mol. The Morgan fingerprint density at radius 1 is 1.36 bits per heavy atom. The van der Waals surface area contributed by atoms with Crippen LogP contribution in [0, 0.1) is 0 Å². The Bertz CT molecular complexity index is 85.6. The van der Waals surface area contributed by atoms with Crippen LogP contribution >= 0.6 is 11.6 Å². The van der Waals surface area contributed by atoms with Gasteiger partial charge in [-0.3, -0.25) is 0 Å². The van der Waals surface area contributed by atoms with Crippen molar-refractivity contribution in [3.63, 3.8) is 0 Å². The molecule has 68 valence electrons. The molecule has 0 heterocycles. The van der Waals surface area contributed by atoms with E-state index in [-0.39, 0.29) is 0 Å². The summed E-state index contributed by atoms with van der Waals surface area (Å²) >= 11 is 5.62. The highest BCUT2D eigenvalue weighted by molar-refractivity contribution is 6.17. The van der Waals surface area contributed by atoms with E-state index in [4.69, 9.17) is 11.6 Å². The van der Waals surface area contributed by atoms with Crippen LogP contribution in [-0.4, -0.2) is 29.9 Å². The molecule has 1 nitrogen and oxygen atoms in total. The summed E-state index contributed by atoms with van der Waals surface area (Å²) in [6.07, 6.45) is 2.34. The van der Waals surface area contributed by atoms with Crippen molar-refractivity contribution in [1.82, 2.24) is 4.90 Å². The molecular formula is C9H20ClN. The van der Waals surface area contributed by atoms with Crippen molar-refractivity contribution in [2.45, 2.75) is 39.7 Å². The summed E-state index contributed by atoms with van der Waals surface area (Å²) in [4.78, 5) is 2.47. The van der Waals surface area contributed by atoms with Crippen molar-refractivity contribution in [2.75, 3.05) is 19.0 Å². The van der Waals surface area contributed by atoms with Crippen LogP contribution in [0.1, 0.15) is 33.6 Å². The van der Waals surface area contributed by atoms with Gasteiger partial charge in [-0.25, -0.2) is 0 Å². The van der Waals surface area contributed by atoms with Gasteiger partial charge in [-0.15, -0.1) is 11.6 Å². The molecule has 0 aliphatic rings. The Hall–Kier alpha value is 0.250. The maximum atomic E-state index is 5.62. The van der Waals surface area contributed by atoms with Crippen molar-refractivity contribution in [3.8, 4) is 0 Å². The van der Waals surface area contributed by atoms with Gasteiger partial charge in [-0.2, -0.15) is 0 Å². The van der Waals surface area contributed by atoms with Gasteiger partial charge in [-0.1, -0.05) is 13.8 Å². The fraction of sp³-hybridized carbons (Fsp3) is 1.00. The lowest BCUT2D eigenvalue weighted by atomic mass is 10.2. The minimum Gasteiger partial charge on any atom is -0.301 e. The minimum atomic E-state index is 0.711. The first kappa shape index (κ1) is 11.2. The second-order valence-corrected chi connectivity index (χ2v) is 3.31. The van der Waals surface area contributed by atoms with E-state index in [0.29, 0.717) is 6.04 Å². The van der Waals surface area contributed by atoms with Crippen molar-refractivity contribution < 1.29 is 0 Å². The second-order valence-electron chi connectivity index (χ2n) is 2.93. The maximum absolute atomic E-state index is 5.62. The fourth-order valence-electron chi connectivity index (χ4n) is 1.21. The van der Waals surface area contributed by atoms with Crippen LogP contribution in [0.15, 0.2) is 0 Å². The molecule has 0 aromatic heterocycles. The average molecular weight is 178 g/mol. The Balaban J connectivity index is 3.56. The molecule has 0 N–H and O–H groups in total. The number of halogens is 1. The lowest BCUT2D eigenvalue weighted by molar-refractivity contribution is 0.215. The lowest BCUT2D eigenvalue weighted by Gasteiger charge is -2.26. The molecule has 0 spiro atoms. The fourth-order valence-corrected chi connectivity index (χ4v) is 1.33. The van der Waals surface area contributed by atoms with Gasteiger partial charge in [0.1, 0.15) is 0 Å². The Labute approximate surface area is 75.7 Å². The van der Waals surface area contributed by atoms with Crippen LogP contribution in [0.3, 0.4) is 0 Å². The highest BCUT2D eigenvalue weighted by Gasteiger charge is 2.07. The zero-order valence-corrected chi connectivity index (χ0v) is 8.69. The summed E-state index contributed by atoms with van der Waals surface area (Å²) < 4.78 is 0. The van der Waals surface area contributed by atoms with Crippen LogP contribution in [0.2, 0.25) is 0 Å². The van der Waals surface area contributed by atoms with Crippen molar-refractivity contribution in [3.05, 3.63) is 0 Å². The third-order valence-electron chi connectivity index (χ3n) is 2.20. The molecule has 0 aliphatic carbocycles. The van der Waals surface area contributed by atoms with Crippen LogP contribution in [0.5, 0.6) is 0 Å². The van der Waals surface area contributed by atoms with Crippen molar-refractivity contribution in [1.29, 1.82) is 0 Å². The molecule has 0 aromatic carbocycles. The average Bonchev–Trinajstić information content (AvgIpc) is 2.05. The molecule has 0 aromatic rings. The molecule has 2 heteroatoms. The number of alkyl halides is 1. The highest BCUT2D eigenvalue weighted by Crippen LogP contribution is 2.03. The van der Waals surface area contributed by atoms with Gasteiger partial charge in [0, 0.05) is 11.9 Å². The zero-order chi connectivity index (χ0) is 8.69. The first-order valence-corrected chi connectivity index (χ1v) is 5.09. The predicted molar refractivity (Wildman–Crippen MR) is 52.3 cm³/mol. The van der Waals surface area contributed by atoms with Gasteiger partial charge in [0.25, 0.3) is 0 Å². The van der Waals surface area contributed by atoms with E-state index in [1.165, 1.54) is 6.42 Å². The third-order valence-corrected chi connectivity index (χ3v) is 2.47. The molecule has 0 saturated heterocycles. The standard InChI is InChI=1S/C9H20ClN/c1-4-9(3)11(5-2)8-6-7-10/h9H,4-8H2,1-3H3. The van der Waals surface area contributed by atoms with E-state index in [2.05, 4.69) is 25.7 Å². The number of hydrogen-bond acceptors (Lipinski definition) is 1. The third kappa shape index (κ3) is 4.65. The number of nitrogens with zero attached hydrogens (tertiary/aromatic N) is 1. The first-order valence-electron chi connectivity index (χ1n) is 4.56. The molecule has 0 bridgehead atoms. The second kappa shape index (κ2) is 6.93. The summed E-state index contributed by atoms with van der Waals surface area (Å²) in [6, 6.07) is 0.711. The summed E-state index contributed by atoms with van der Waals surface area (Å²) in [5, 5.41) is 0. The summed E-state index contributed by atoms with van der Waals surface area (Å²) in [6.45, 7) is 9.01. The molecule has 0 saturated carbocycles. The van der Waals surface area contributed by atoms with Gasteiger partial charge in [-0.05, 0) is 32.9 Å². The van der Waals surface area contributed by atoms with Crippen molar-refractivity contribution >= 4 is 11.6 Å². The van der Waals surface area contributed by atoms with E-state index >= 15 is 0 Å². The van der Waals surface area contributed by atoms with Crippen molar-refractivity contribution in [2.24, 2.45) is 0 Å². The van der Waals surface area contributed by atoms with E-state index in [0.717, 1.165) is 25.4 Å². The van der Waals surface area contributed by atoms with Gasteiger partial charge in [0.15, 0.2) is 0 Å². The van der Waals surface area contributed by atoms with Crippen LogP contribution in [-0.2, 0) is 0 Å². The largest absolute Gasteiger partial charge is 0.301 e. The molecule has 0 rings (SSSR count). The van der Waals surface area contributed by atoms with E-state index < -0.39 is 0 Å². The summed E-state index contributed by atoms with van der Waals surface area (Å²) in [5.74, 6) is 0.785. The Morgan fingerprint density at radius 2 is 2.00 bits per heavy atom. The molecule has 11 heavy (non-hydrogen) atoms. The summed E-state index contributed by atoms with van der Waals surface area (Å²) in [7, 11) is 0. The SMILES string of the molecule is CCC(C)N(CC)CCCCl. The highest BCUT2D eigenvalue weighted by atomic mass is 35.5. The predicted octanol–water partition coefficient (Wildman–Crippen LogP) is 2.74. The Kier molecular flexibility index (Phi) is 7.09. The van der Waals surface area contributed by atoms with Gasteiger partial charge in [0.2, 0.25) is 0 Å². The van der Waals surface area contributed by atoms with Crippen LogP contribution in [0.4, 0.5) is 0 Å². The van der Waals surface area contributed by atoms with Gasteiger partial charge in [0.05, 0.1) is 0 Å². The first-order chi connectivity index (χ1) is 5.26. The normalized spacial score (nSPS) is 13.9. The quantitative estimate of drug-likeness (QED) is 0.564. The van der Waals surface area contributed by atoms with Gasteiger partial charge < -0.3 is 4.90 Å². The number of rotatable bonds is 6. The topological polar surface area (TPSA) is 3.24 Å². The molecule has 0 radical (unpaired) electrons. The van der Waals surface area contributed by atoms with E-state index in [9.17, 15) is 0 Å². The molecule has 0 aliphatic heterocycles. The summed E-state index contributed by atoms with van der Waals surface area (Å²) in [5.41, 5.74) is 0. The monoisotopic (exact) mass is 177 g/mol. The molecule has 1 atom stereocenters.